The minimum atomic E-state index is -4.09. The fraction of sp³-hybridized carbons (Fsp3) is 0.130. The minimum Gasteiger partial charge on any atom is -0.506 e. The SMILES string of the molecule is CCOc1cccc(Cn2c(=O)c(C3=NS(=O)(=O)c4ccccc4N3)c(O)c3cccnc32)n1. The summed E-state index contributed by atoms with van der Waals surface area (Å²) in [6.45, 7) is 2.29. The van der Waals surface area contributed by atoms with Crippen molar-refractivity contribution in [1.82, 2.24) is 14.5 Å². The fourth-order valence-corrected chi connectivity index (χ4v) is 4.91. The van der Waals surface area contributed by atoms with Crippen molar-refractivity contribution in [2.75, 3.05) is 11.9 Å². The van der Waals surface area contributed by atoms with Crippen LogP contribution in [0.3, 0.4) is 0 Å². The molecule has 1 aromatic carbocycles. The topological polar surface area (TPSA) is 136 Å². The Bertz CT molecular complexity index is 1630. The smallest absolute Gasteiger partial charge is 0.286 e. The van der Waals surface area contributed by atoms with E-state index >= 15 is 0 Å². The maximum absolute atomic E-state index is 13.6. The Hall–Kier alpha value is -4.25. The number of nitrogens with one attached hydrogen (secondary N) is 1. The van der Waals surface area contributed by atoms with Gasteiger partial charge in [0.2, 0.25) is 5.88 Å². The van der Waals surface area contributed by atoms with Crippen LogP contribution in [0.25, 0.3) is 11.0 Å². The number of pyridine rings is 3. The molecule has 0 fully saturated rings. The van der Waals surface area contributed by atoms with Gasteiger partial charge in [0.15, 0.2) is 5.84 Å². The van der Waals surface area contributed by atoms with Crippen LogP contribution in [0.15, 0.2) is 74.9 Å². The molecule has 5 rings (SSSR count). The van der Waals surface area contributed by atoms with Gasteiger partial charge >= 0.3 is 0 Å². The number of amidine groups is 1. The number of aromatic hydroxyl groups is 1. The third-order valence-electron chi connectivity index (χ3n) is 5.25. The second-order valence-corrected chi connectivity index (χ2v) is 9.00. The van der Waals surface area contributed by atoms with Gasteiger partial charge in [-0.1, -0.05) is 18.2 Å². The van der Waals surface area contributed by atoms with Gasteiger partial charge in [0.05, 0.1) is 29.9 Å². The molecule has 0 saturated carbocycles. The molecule has 0 unspecified atom stereocenters. The molecular weight excluding hydrogens is 458 g/mol. The zero-order valence-corrected chi connectivity index (χ0v) is 18.8. The number of hydrogen-bond acceptors (Lipinski definition) is 8. The Kier molecular flexibility index (Phi) is 5.25. The van der Waals surface area contributed by atoms with E-state index in [1.54, 1.807) is 48.5 Å². The summed E-state index contributed by atoms with van der Waals surface area (Å²) in [6.07, 6.45) is 1.50. The van der Waals surface area contributed by atoms with Crippen LogP contribution in [-0.2, 0) is 16.6 Å². The highest BCUT2D eigenvalue weighted by atomic mass is 32.2. The molecule has 4 aromatic rings. The van der Waals surface area contributed by atoms with E-state index in [1.807, 2.05) is 6.92 Å². The van der Waals surface area contributed by atoms with Gasteiger partial charge in [0.25, 0.3) is 15.6 Å². The summed E-state index contributed by atoms with van der Waals surface area (Å²) >= 11 is 0. The minimum absolute atomic E-state index is 0.0111. The number of para-hydroxylation sites is 1. The average Bonchev–Trinajstić information content (AvgIpc) is 2.82. The Labute approximate surface area is 194 Å². The summed E-state index contributed by atoms with van der Waals surface area (Å²) in [6, 6.07) is 14.6. The third-order valence-corrected chi connectivity index (χ3v) is 6.59. The second-order valence-electron chi connectivity index (χ2n) is 7.43. The summed E-state index contributed by atoms with van der Waals surface area (Å²) in [5.74, 6) is -0.275. The van der Waals surface area contributed by atoms with Crippen LogP contribution in [0.5, 0.6) is 11.6 Å². The number of sulfonamides is 1. The van der Waals surface area contributed by atoms with Crippen molar-refractivity contribution in [3.8, 4) is 11.6 Å². The number of rotatable bonds is 5. The molecule has 3 aromatic heterocycles. The number of fused-ring (bicyclic) bond motifs is 2. The van der Waals surface area contributed by atoms with Gasteiger partial charge < -0.3 is 15.2 Å². The number of anilines is 1. The number of ether oxygens (including phenoxy) is 1. The van der Waals surface area contributed by atoms with Crippen molar-refractivity contribution in [2.24, 2.45) is 4.40 Å². The number of nitrogens with zero attached hydrogens (tertiary/aromatic N) is 4. The molecule has 34 heavy (non-hydrogen) atoms. The van der Waals surface area contributed by atoms with Crippen molar-refractivity contribution in [3.05, 3.63) is 82.4 Å². The molecule has 0 atom stereocenters. The highest BCUT2D eigenvalue weighted by molar-refractivity contribution is 7.90. The highest BCUT2D eigenvalue weighted by Gasteiger charge is 2.30. The van der Waals surface area contributed by atoms with Gasteiger partial charge in [-0.25, -0.2) is 9.97 Å². The molecule has 0 spiro atoms. The molecule has 0 bridgehead atoms. The number of aromatic nitrogens is 3. The number of hydrogen-bond donors (Lipinski definition) is 2. The maximum atomic E-state index is 13.6. The highest BCUT2D eigenvalue weighted by Crippen LogP contribution is 2.31. The zero-order valence-electron chi connectivity index (χ0n) is 18.0. The first kappa shape index (κ1) is 21.6. The summed E-state index contributed by atoms with van der Waals surface area (Å²) in [7, 11) is -4.09. The predicted molar refractivity (Wildman–Crippen MR) is 126 cm³/mol. The monoisotopic (exact) mass is 477 g/mol. The van der Waals surface area contributed by atoms with E-state index in [0.29, 0.717) is 18.2 Å². The maximum Gasteiger partial charge on any atom is 0.286 e. The van der Waals surface area contributed by atoms with Crippen LogP contribution in [0, 0.1) is 0 Å². The Morgan fingerprint density at radius 3 is 2.74 bits per heavy atom. The lowest BCUT2D eigenvalue weighted by molar-refractivity contribution is 0.325. The first-order valence-electron chi connectivity index (χ1n) is 10.4. The van der Waals surface area contributed by atoms with Gasteiger partial charge in [0, 0.05) is 12.3 Å². The van der Waals surface area contributed by atoms with E-state index in [2.05, 4.69) is 19.7 Å². The van der Waals surface area contributed by atoms with Crippen molar-refractivity contribution in [3.63, 3.8) is 0 Å². The molecule has 10 nitrogen and oxygen atoms in total. The molecule has 0 aliphatic carbocycles. The molecule has 1 aliphatic heterocycles. The summed E-state index contributed by atoms with van der Waals surface area (Å²) < 4.78 is 36.1. The van der Waals surface area contributed by atoms with Crippen molar-refractivity contribution >= 4 is 32.6 Å². The van der Waals surface area contributed by atoms with E-state index in [-0.39, 0.29) is 39.6 Å². The Balaban J connectivity index is 1.72. The predicted octanol–water partition coefficient (Wildman–Crippen LogP) is 2.51. The van der Waals surface area contributed by atoms with Crippen molar-refractivity contribution < 1.29 is 18.3 Å². The molecule has 11 heteroatoms. The van der Waals surface area contributed by atoms with Gasteiger partial charge in [-0.05, 0) is 37.3 Å². The first-order chi connectivity index (χ1) is 16.4. The van der Waals surface area contributed by atoms with E-state index in [1.165, 1.54) is 16.8 Å². The molecule has 2 N–H and O–H groups in total. The average molecular weight is 478 g/mol. The molecule has 0 saturated heterocycles. The molecular formula is C23H19N5O5S. The Morgan fingerprint density at radius 2 is 1.91 bits per heavy atom. The van der Waals surface area contributed by atoms with Crippen LogP contribution in [0.2, 0.25) is 0 Å². The standard InChI is InChI=1S/C23H19N5O5S/c1-2-33-18-11-5-7-14(25-18)13-28-22-15(8-6-12-24-22)20(29)19(23(28)30)21-26-16-9-3-4-10-17(16)34(31,32)27-21/h3-12,29H,2,13H2,1H3,(H,26,27). The lowest BCUT2D eigenvalue weighted by atomic mass is 10.1. The van der Waals surface area contributed by atoms with E-state index < -0.39 is 21.3 Å². The summed E-state index contributed by atoms with van der Waals surface area (Å²) in [5.41, 5.74) is 0.0492. The summed E-state index contributed by atoms with van der Waals surface area (Å²) in [5, 5.41) is 14.1. The van der Waals surface area contributed by atoms with Crippen LogP contribution < -0.4 is 15.6 Å². The molecule has 4 heterocycles. The largest absolute Gasteiger partial charge is 0.506 e. The summed E-state index contributed by atoms with van der Waals surface area (Å²) in [4.78, 5) is 22.3. The lowest BCUT2D eigenvalue weighted by Crippen LogP contribution is -2.33. The normalized spacial score (nSPS) is 14.2. The molecule has 1 aliphatic rings. The van der Waals surface area contributed by atoms with E-state index in [4.69, 9.17) is 4.74 Å². The molecule has 0 amide bonds. The molecule has 172 valence electrons. The third kappa shape index (κ3) is 3.65. The van der Waals surface area contributed by atoms with Gasteiger partial charge in [-0.3, -0.25) is 9.36 Å². The van der Waals surface area contributed by atoms with E-state index in [0.717, 1.165) is 0 Å². The number of benzene rings is 1. The van der Waals surface area contributed by atoms with Gasteiger partial charge in [0.1, 0.15) is 21.9 Å². The van der Waals surface area contributed by atoms with E-state index in [9.17, 15) is 18.3 Å². The molecule has 0 radical (unpaired) electrons. The van der Waals surface area contributed by atoms with Crippen molar-refractivity contribution in [1.29, 1.82) is 0 Å². The fourth-order valence-electron chi connectivity index (χ4n) is 3.78. The van der Waals surface area contributed by atoms with Gasteiger partial charge in [-0.15, -0.1) is 4.40 Å². The van der Waals surface area contributed by atoms with Crippen LogP contribution in [-0.4, -0.2) is 40.5 Å². The Morgan fingerprint density at radius 1 is 1.09 bits per heavy atom. The second kappa shape index (κ2) is 8.27. The lowest BCUT2D eigenvalue weighted by Gasteiger charge is -2.20. The van der Waals surface area contributed by atoms with Gasteiger partial charge in [-0.2, -0.15) is 8.42 Å². The van der Waals surface area contributed by atoms with Crippen molar-refractivity contribution in [2.45, 2.75) is 18.4 Å². The van der Waals surface area contributed by atoms with Crippen LogP contribution >= 0.6 is 0 Å². The zero-order chi connectivity index (χ0) is 23.9. The van der Waals surface area contributed by atoms with Crippen LogP contribution in [0.1, 0.15) is 18.2 Å². The first-order valence-corrected chi connectivity index (χ1v) is 11.8. The quantitative estimate of drug-likeness (QED) is 0.448. The van der Waals surface area contributed by atoms with Crippen LogP contribution in [0.4, 0.5) is 5.69 Å².